The molecule has 2 amide bonds. The van der Waals surface area contributed by atoms with E-state index in [9.17, 15) is 9.59 Å². The number of urea groups is 1. The largest absolute Gasteiger partial charge is 0.481 e. The van der Waals surface area contributed by atoms with E-state index in [1.807, 2.05) is 47.4 Å². The lowest BCUT2D eigenvalue weighted by Crippen LogP contribution is -2.65. The van der Waals surface area contributed by atoms with Crippen LogP contribution in [0.2, 0.25) is 0 Å². The number of furan rings is 1. The van der Waals surface area contributed by atoms with Gasteiger partial charge in [0.1, 0.15) is 5.76 Å². The van der Waals surface area contributed by atoms with Crippen molar-refractivity contribution in [3.8, 4) is 0 Å². The minimum Gasteiger partial charge on any atom is -0.481 e. The van der Waals surface area contributed by atoms with E-state index in [2.05, 4.69) is 5.32 Å². The second kappa shape index (κ2) is 7.70. The van der Waals surface area contributed by atoms with Gasteiger partial charge < -0.3 is 19.7 Å². The number of rotatable bonds is 7. The molecule has 28 heavy (non-hydrogen) atoms. The number of nitrogens with one attached hydrogen (secondary N) is 1. The second-order valence-corrected chi connectivity index (χ2v) is 8.03. The van der Waals surface area contributed by atoms with E-state index in [0.717, 1.165) is 30.7 Å². The number of hydrogen-bond acceptors (Lipinski definition) is 3. The number of carboxylic acid groups (broad SMARTS) is 1. The number of likely N-dealkylation sites (tertiary alicyclic amines) is 1. The van der Waals surface area contributed by atoms with Crippen LogP contribution >= 0.6 is 0 Å². The molecule has 2 fully saturated rings. The molecule has 1 spiro atoms. The zero-order chi connectivity index (χ0) is 19.6. The number of amides is 2. The second-order valence-electron chi connectivity index (χ2n) is 8.03. The predicted molar refractivity (Wildman–Crippen MR) is 104 cm³/mol. The fraction of sp³-hybridized carbons (Fsp3) is 0.455. The van der Waals surface area contributed by atoms with Crippen LogP contribution < -0.4 is 5.32 Å². The van der Waals surface area contributed by atoms with Crippen LogP contribution in [0, 0.1) is 5.41 Å². The molecule has 2 aliphatic rings. The molecule has 6 nitrogen and oxygen atoms in total. The summed E-state index contributed by atoms with van der Waals surface area (Å²) in [6.45, 7) is 0.737. The van der Waals surface area contributed by atoms with E-state index < -0.39 is 5.97 Å². The molecule has 1 aromatic heterocycles. The molecule has 0 bridgehead atoms. The van der Waals surface area contributed by atoms with Crippen molar-refractivity contribution in [2.75, 3.05) is 6.54 Å². The number of hydrogen-bond donors (Lipinski definition) is 2. The number of benzene rings is 1. The fourth-order valence-electron chi connectivity index (χ4n) is 4.57. The van der Waals surface area contributed by atoms with Crippen LogP contribution in [0.3, 0.4) is 0 Å². The molecule has 1 aliphatic carbocycles. The van der Waals surface area contributed by atoms with Gasteiger partial charge in [0, 0.05) is 24.4 Å². The monoisotopic (exact) mass is 382 g/mol. The molecule has 2 aromatic rings. The van der Waals surface area contributed by atoms with Crippen LogP contribution in [-0.4, -0.2) is 34.6 Å². The van der Waals surface area contributed by atoms with Gasteiger partial charge in [-0.2, -0.15) is 0 Å². The third-order valence-corrected chi connectivity index (χ3v) is 6.16. The van der Waals surface area contributed by atoms with Gasteiger partial charge in [-0.3, -0.25) is 4.79 Å². The quantitative estimate of drug-likeness (QED) is 0.758. The minimum atomic E-state index is -0.849. The summed E-state index contributed by atoms with van der Waals surface area (Å²) in [4.78, 5) is 25.9. The Bertz CT molecular complexity index is 814. The van der Waals surface area contributed by atoms with Crippen molar-refractivity contribution in [2.24, 2.45) is 5.41 Å². The number of carbonyl (C=O) groups excluding carboxylic acids is 1. The predicted octanol–water partition coefficient (Wildman–Crippen LogP) is 3.99. The standard InChI is InChI=1S/C22H26N2O4/c25-19(26)10-9-17(14-16-6-2-1-3-7-16)23-21(27)24-15-22(11-5-12-22)20(24)18-8-4-13-28-18/h1-4,6-8,13,17,20H,5,9-12,14-15H2,(H,23,27)(H,25,26). The Morgan fingerprint density at radius 1 is 1.21 bits per heavy atom. The zero-order valence-corrected chi connectivity index (χ0v) is 15.8. The lowest BCUT2D eigenvalue weighted by molar-refractivity contribution is -0.137. The number of carbonyl (C=O) groups is 2. The molecule has 2 N–H and O–H groups in total. The Hall–Kier alpha value is -2.76. The van der Waals surface area contributed by atoms with Crippen molar-refractivity contribution in [1.29, 1.82) is 0 Å². The highest BCUT2D eigenvalue weighted by molar-refractivity contribution is 5.76. The van der Waals surface area contributed by atoms with Gasteiger partial charge in [-0.1, -0.05) is 36.8 Å². The molecule has 1 saturated heterocycles. The van der Waals surface area contributed by atoms with E-state index >= 15 is 0 Å². The minimum absolute atomic E-state index is 0.0203. The summed E-state index contributed by atoms with van der Waals surface area (Å²) in [5.74, 6) is -0.00982. The maximum atomic E-state index is 13.0. The number of carboxylic acids is 1. The topological polar surface area (TPSA) is 82.8 Å². The molecule has 6 heteroatoms. The molecule has 1 aromatic carbocycles. The van der Waals surface area contributed by atoms with Crippen molar-refractivity contribution in [1.82, 2.24) is 10.2 Å². The number of nitrogens with zero attached hydrogens (tertiary/aromatic N) is 1. The van der Waals surface area contributed by atoms with Gasteiger partial charge in [-0.05, 0) is 43.4 Å². The fourth-order valence-corrected chi connectivity index (χ4v) is 4.57. The van der Waals surface area contributed by atoms with Gasteiger partial charge in [-0.25, -0.2) is 4.79 Å². The highest BCUT2D eigenvalue weighted by Crippen LogP contribution is 2.60. The summed E-state index contributed by atoms with van der Waals surface area (Å²) in [7, 11) is 0. The summed E-state index contributed by atoms with van der Waals surface area (Å²) in [5, 5.41) is 12.2. The summed E-state index contributed by atoms with van der Waals surface area (Å²) in [6, 6.07) is 13.3. The van der Waals surface area contributed by atoms with E-state index in [-0.39, 0.29) is 30.0 Å². The first-order valence-electron chi connectivity index (χ1n) is 9.94. The van der Waals surface area contributed by atoms with Crippen molar-refractivity contribution in [2.45, 2.75) is 50.6 Å². The highest BCUT2D eigenvalue weighted by Gasteiger charge is 2.59. The van der Waals surface area contributed by atoms with Gasteiger partial charge in [0.05, 0.1) is 12.3 Å². The van der Waals surface area contributed by atoms with Crippen LogP contribution in [0.25, 0.3) is 0 Å². The van der Waals surface area contributed by atoms with Crippen LogP contribution in [0.4, 0.5) is 4.79 Å². The normalized spacial score (nSPS) is 20.9. The third-order valence-electron chi connectivity index (χ3n) is 6.16. The first-order chi connectivity index (χ1) is 13.6. The lowest BCUT2D eigenvalue weighted by Gasteiger charge is -2.61. The number of aliphatic carboxylic acids is 1. The molecule has 148 valence electrons. The molecule has 4 rings (SSSR count). The third kappa shape index (κ3) is 3.63. The maximum absolute atomic E-state index is 13.0. The molecule has 1 saturated carbocycles. The molecule has 2 unspecified atom stereocenters. The van der Waals surface area contributed by atoms with E-state index in [1.165, 1.54) is 6.42 Å². The molecule has 0 radical (unpaired) electrons. The van der Waals surface area contributed by atoms with Crippen LogP contribution in [-0.2, 0) is 11.2 Å². The Kier molecular flexibility index (Phi) is 5.11. The smallest absolute Gasteiger partial charge is 0.318 e. The van der Waals surface area contributed by atoms with E-state index in [4.69, 9.17) is 9.52 Å². The van der Waals surface area contributed by atoms with Crippen molar-refractivity contribution < 1.29 is 19.1 Å². The van der Waals surface area contributed by atoms with E-state index in [1.54, 1.807) is 6.26 Å². The van der Waals surface area contributed by atoms with Gasteiger partial charge in [0.15, 0.2) is 0 Å². The Labute approximate surface area is 164 Å². The van der Waals surface area contributed by atoms with Crippen molar-refractivity contribution in [3.05, 3.63) is 60.1 Å². The van der Waals surface area contributed by atoms with Gasteiger partial charge >= 0.3 is 12.0 Å². The lowest BCUT2D eigenvalue weighted by atomic mass is 9.57. The summed E-state index contributed by atoms with van der Waals surface area (Å²) in [5.41, 5.74) is 1.24. The van der Waals surface area contributed by atoms with Gasteiger partial charge in [0.2, 0.25) is 0 Å². The average Bonchev–Trinajstić information content (AvgIpc) is 3.12. The molecule has 1 aliphatic heterocycles. The Morgan fingerprint density at radius 3 is 2.61 bits per heavy atom. The molecular formula is C22H26N2O4. The Morgan fingerprint density at radius 2 is 2.00 bits per heavy atom. The van der Waals surface area contributed by atoms with Crippen LogP contribution in [0.5, 0.6) is 0 Å². The van der Waals surface area contributed by atoms with Gasteiger partial charge in [-0.15, -0.1) is 0 Å². The van der Waals surface area contributed by atoms with Crippen LogP contribution in [0.1, 0.15) is 49.5 Å². The first-order valence-corrected chi connectivity index (χ1v) is 9.94. The Balaban J connectivity index is 1.45. The summed E-state index contributed by atoms with van der Waals surface area (Å²) < 4.78 is 5.63. The first kappa shape index (κ1) is 18.6. The molecule has 2 atom stereocenters. The zero-order valence-electron chi connectivity index (χ0n) is 15.8. The van der Waals surface area contributed by atoms with Crippen LogP contribution in [0.15, 0.2) is 53.1 Å². The van der Waals surface area contributed by atoms with Gasteiger partial charge in [0.25, 0.3) is 0 Å². The SMILES string of the molecule is O=C(O)CCC(Cc1ccccc1)NC(=O)N1CC2(CCC2)C1c1ccco1. The van der Waals surface area contributed by atoms with Crippen molar-refractivity contribution in [3.63, 3.8) is 0 Å². The van der Waals surface area contributed by atoms with Crippen molar-refractivity contribution >= 4 is 12.0 Å². The molecule has 2 heterocycles. The maximum Gasteiger partial charge on any atom is 0.318 e. The molecular weight excluding hydrogens is 356 g/mol. The highest BCUT2D eigenvalue weighted by atomic mass is 16.4. The summed E-state index contributed by atoms with van der Waals surface area (Å²) in [6.07, 6.45) is 6.14. The summed E-state index contributed by atoms with van der Waals surface area (Å²) >= 11 is 0. The average molecular weight is 382 g/mol. The van der Waals surface area contributed by atoms with E-state index in [0.29, 0.717) is 12.8 Å².